The highest BCUT2D eigenvalue weighted by Crippen LogP contribution is 2.24. The van der Waals surface area contributed by atoms with Gasteiger partial charge in [-0.05, 0) is 26.2 Å². The minimum absolute atomic E-state index is 0.886. The van der Waals surface area contributed by atoms with Crippen molar-refractivity contribution in [3.05, 3.63) is 30.1 Å². The molecule has 1 fully saturated rings. The molecule has 5 heteroatoms. The Hall–Kier alpha value is -1.72. The fraction of sp³-hybridized carbons (Fsp3) is 0.500. The summed E-state index contributed by atoms with van der Waals surface area (Å²) < 4.78 is 0. The van der Waals surface area contributed by atoms with Crippen molar-refractivity contribution < 1.29 is 0 Å². The molecule has 0 atom stereocenters. The monoisotopic (exact) mass is 285 g/mol. The number of para-hydroxylation sites is 1. The van der Waals surface area contributed by atoms with E-state index in [1.165, 1.54) is 0 Å². The largest absolute Gasteiger partial charge is 0.353 e. The van der Waals surface area contributed by atoms with Crippen molar-refractivity contribution in [2.24, 2.45) is 0 Å². The van der Waals surface area contributed by atoms with Gasteiger partial charge >= 0.3 is 0 Å². The molecule has 0 spiro atoms. The van der Waals surface area contributed by atoms with Gasteiger partial charge in [0.1, 0.15) is 11.6 Å². The number of aromatic nitrogens is 2. The summed E-state index contributed by atoms with van der Waals surface area (Å²) in [7, 11) is 4.16. The second-order valence-electron chi connectivity index (χ2n) is 5.77. The van der Waals surface area contributed by atoms with Crippen LogP contribution in [0.2, 0.25) is 0 Å². The maximum Gasteiger partial charge on any atom is 0.140 e. The minimum Gasteiger partial charge on any atom is -0.353 e. The lowest BCUT2D eigenvalue weighted by atomic mass is 10.2. The van der Waals surface area contributed by atoms with E-state index >= 15 is 0 Å². The molecule has 1 aliphatic rings. The van der Waals surface area contributed by atoms with Crippen molar-refractivity contribution in [1.29, 1.82) is 0 Å². The van der Waals surface area contributed by atoms with Crippen LogP contribution in [0.4, 0.5) is 5.82 Å². The Kier molecular flexibility index (Phi) is 4.31. The van der Waals surface area contributed by atoms with E-state index in [9.17, 15) is 0 Å². The first-order valence-electron chi connectivity index (χ1n) is 7.60. The van der Waals surface area contributed by atoms with Gasteiger partial charge in [0.25, 0.3) is 0 Å². The number of benzene rings is 1. The molecule has 1 aliphatic heterocycles. The van der Waals surface area contributed by atoms with E-state index in [0.29, 0.717) is 0 Å². The normalized spacial score (nSPS) is 15.9. The number of anilines is 1. The van der Waals surface area contributed by atoms with Crippen molar-refractivity contribution in [3.63, 3.8) is 0 Å². The van der Waals surface area contributed by atoms with Gasteiger partial charge in [-0.25, -0.2) is 9.97 Å². The van der Waals surface area contributed by atoms with Gasteiger partial charge in [0.2, 0.25) is 0 Å². The molecule has 1 saturated heterocycles. The Labute approximate surface area is 126 Å². The third-order valence-corrected chi connectivity index (χ3v) is 3.83. The molecule has 1 aromatic carbocycles. The van der Waals surface area contributed by atoms with E-state index < -0.39 is 0 Å². The highest BCUT2D eigenvalue weighted by Gasteiger charge is 2.16. The van der Waals surface area contributed by atoms with Crippen LogP contribution in [0.3, 0.4) is 0 Å². The zero-order valence-corrected chi connectivity index (χ0v) is 12.8. The standard InChI is InChI=1S/C16H23N5/c1-20(2)10-7-15-18-14-6-4-3-5-13(14)16(19-15)21-11-8-17-9-12-21/h3-6,17H,7-12H2,1-2H3. The highest BCUT2D eigenvalue weighted by atomic mass is 15.2. The van der Waals surface area contributed by atoms with Crippen molar-refractivity contribution in [2.45, 2.75) is 6.42 Å². The molecule has 0 unspecified atom stereocenters. The van der Waals surface area contributed by atoms with Crippen LogP contribution in [-0.4, -0.2) is 61.7 Å². The third-order valence-electron chi connectivity index (χ3n) is 3.83. The summed E-state index contributed by atoms with van der Waals surface area (Å²) in [6, 6.07) is 8.33. The van der Waals surface area contributed by atoms with E-state index in [4.69, 9.17) is 9.97 Å². The van der Waals surface area contributed by atoms with E-state index in [2.05, 4.69) is 47.4 Å². The van der Waals surface area contributed by atoms with Crippen LogP contribution in [0.1, 0.15) is 5.82 Å². The second-order valence-corrected chi connectivity index (χ2v) is 5.77. The lowest BCUT2D eigenvalue weighted by Crippen LogP contribution is -2.44. The summed E-state index contributed by atoms with van der Waals surface area (Å²) in [6.07, 6.45) is 0.886. The summed E-state index contributed by atoms with van der Waals surface area (Å²) in [5, 5.41) is 4.56. The van der Waals surface area contributed by atoms with E-state index in [1.807, 2.05) is 6.07 Å². The molecular weight excluding hydrogens is 262 g/mol. The second kappa shape index (κ2) is 6.37. The maximum absolute atomic E-state index is 4.86. The van der Waals surface area contributed by atoms with Crippen molar-refractivity contribution in [3.8, 4) is 0 Å². The fourth-order valence-electron chi connectivity index (χ4n) is 2.66. The zero-order valence-electron chi connectivity index (χ0n) is 12.8. The van der Waals surface area contributed by atoms with Crippen LogP contribution in [0.5, 0.6) is 0 Å². The van der Waals surface area contributed by atoms with Crippen LogP contribution < -0.4 is 10.2 Å². The Bertz CT molecular complexity index is 605. The van der Waals surface area contributed by atoms with E-state index in [-0.39, 0.29) is 0 Å². The van der Waals surface area contributed by atoms with Gasteiger partial charge in [-0.3, -0.25) is 0 Å². The number of nitrogens with one attached hydrogen (secondary N) is 1. The molecule has 0 aliphatic carbocycles. The molecule has 1 aromatic heterocycles. The molecule has 2 aromatic rings. The summed E-state index contributed by atoms with van der Waals surface area (Å²) in [5.41, 5.74) is 1.05. The summed E-state index contributed by atoms with van der Waals surface area (Å²) >= 11 is 0. The molecular formula is C16H23N5. The number of hydrogen-bond acceptors (Lipinski definition) is 5. The van der Waals surface area contributed by atoms with Crippen LogP contribution in [0.25, 0.3) is 10.9 Å². The predicted molar refractivity (Wildman–Crippen MR) is 86.9 cm³/mol. The lowest BCUT2D eigenvalue weighted by Gasteiger charge is -2.29. The number of nitrogens with zero attached hydrogens (tertiary/aromatic N) is 4. The number of hydrogen-bond donors (Lipinski definition) is 1. The van der Waals surface area contributed by atoms with Crippen molar-refractivity contribution in [1.82, 2.24) is 20.2 Å². The SMILES string of the molecule is CN(C)CCc1nc(N2CCNCC2)c2ccccc2n1. The van der Waals surface area contributed by atoms with Gasteiger partial charge < -0.3 is 15.1 Å². The molecule has 0 radical (unpaired) electrons. The topological polar surface area (TPSA) is 44.3 Å². The minimum atomic E-state index is 0.886. The molecule has 1 N–H and O–H groups in total. The van der Waals surface area contributed by atoms with Gasteiger partial charge in [0.05, 0.1) is 5.52 Å². The summed E-state index contributed by atoms with van der Waals surface area (Å²) in [6.45, 7) is 5.03. The average Bonchev–Trinajstić information content (AvgIpc) is 2.53. The van der Waals surface area contributed by atoms with Gasteiger partial charge in [-0.2, -0.15) is 0 Å². The Morgan fingerprint density at radius 1 is 1.14 bits per heavy atom. The van der Waals surface area contributed by atoms with Crippen LogP contribution in [0, 0.1) is 0 Å². The Morgan fingerprint density at radius 3 is 2.67 bits per heavy atom. The quantitative estimate of drug-likeness (QED) is 0.913. The molecule has 0 amide bonds. The maximum atomic E-state index is 4.86. The number of piperazine rings is 1. The van der Waals surface area contributed by atoms with Crippen molar-refractivity contribution in [2.75, 3.05) is 51.7 Å². The third kappa shape index (κ3) is 3.31. The molecule has 3 rings (SSSR count). The first kappa shape index (κ1) is 14.2. The molecule has 0 saturated carbocycles. The number of likely N-dealkylation sites (N-methyl/N-ethyl adjacent to an activating group) is 1. The summed E-state index contributed by atoms with van der Waals surface area (Å²) in [4.78, 5) is 14.1. The van der Waals surface area contributed by atoms with E-state index in [1.54, 1.807) is 0 Å². The fourth-order valence-corrected chi connectivity index (χ4v) is 2.66. The van der Waals surface area contributed by atoms with Gasteiger partial charge in [-0.15, -0.1) is 0 Å². The van der Waals surface area contributed by atoms with Crippen molar-refractivity contribution >= 4 is 16.7 Å². The van der Waals surface area contributed by atoms with Crippen LogP contribution in [0.15, 0.2) is 24.3 Å². The zero-order chi connectivity index (χ0) is 14.7. The Balaban J connectivity index is 1.98. The lowest BCUT2D eigenvalue weighted by molar-refractivity contribution is 0.409. The number of rotatable bonds is 4. The highest BCUT2D eigenvalue weighted by molar-refractivity contribution is 5.89. The van der Waals surface area contributed by atoms with E-state index in [0.717, 1.165) is 61.7 Å². The number of fused-ring (bicyclic) bond motifs is 1. The van der Waals surface area contributed by atoms with Crippen LogP contribution >= 0.6 is 0 Å². The molecule has 2 heterocycles. The first-order chi connectivity index (χ1) is 10.2. The van der Waals surface area contributed by atoms with Gasteiger partial charge in [0.15, 0.2) is 0 Å². The summed E-state index contributed by atoms with van der Waals surface area (Å²) in [5.74, 6) is 2.03. The molecule has 0 bridgehead atoms. The molecule has 5 nitrogen and oxygen atoms in total. The van der Waals surface area contributed by atoms with Crippen LogP contribution in [-0.2, 0) is 6.42 Å². The van der Waals surface area contributed by atoms with Gasteiger partial charge in [0, 0.05) is 44.5 Å². The Morgan fingerprint density at radius 2 is 1.90 bits per heavy atom. The first-order valence-corrected chi connectivity index (χ1v) is 7.60. The smallest absolute Gasteiger partial charge is 0.140 e. The average molecular weight is 285 g/mol. The molecule has 21 heavy (non-hydrogen) atoms. The molecule has 112 valence electrons. The predicted octanol–water partition coefficient (Wildman–Crippen LogP) is 1.14. The van der Waals surface area contributed by atoms with Gasteiger partial charge in [-0.1, -0.05) is 12.1 Å².